The number of rotatable bonds is 8. The minimum atomic E-state index is -2.77. The standard InChI is InChI=1S/C6H16O6SSi/c1-9-14(10-2,11-3)6-4-5-12-13(7)8/h13H,4-6H2,1-3H3. The molecule has 0 saturated heterocycles. The van der Waals surface area contributed by atoms with Gasteiger partial charge in [0.05, 0.1) is 6.61 Å². The first-order valence-corrected chi connectivity index (χ1v) is 7.05. The summed E-state index contributed by atoms with van der Waals surface area (Å²) in [6.45, 7) is 0.129. The van der Waals surface area contributed by atoms with Crippen molar-refractivity contribution >= 4 is 19.8 Å². The summed E-state index contributed by atoms with van der Waals surface area (Å²) in [5, 5.41) is 0. The van der Waals surface area contributed by atoms with Gasteiger partial charge in [-0.05, 0) is 6.42 Å². The molecule has 14 heavy (non-hydrogen) atoms. The summed E-state index contributed by atoms with van der Waals surface area (Å²) in [6, 6.07) is 0.527. The van der Waals surface area contributed by atoms with Crippen molar-refractivity contribution in [1.82, 2.24) is 0 Å². The molecule has 0 aliphatic rings. The zero-order valence-corrected chi connectivity index (χ0v) is 10.4. The molecule has 0 amide bonds. The molecule has 0 spiro atoms. The molecule has 0 atom stereocenters. The fraction of sp³-hybridized carbons (Fsp3) is 1.00. The monoisotopic (exact) mass is 244 g/mol. The molecular formula is C6H16O6SSi. The predicted molar refractivity (Wildman–Crippen MR) is 52.5 cm³/mol. The van der Waals surface area contributed by atoms with Crippen molar-refractivity contribution in [3.63, 3.8) is 0 Å². The summed E-state index contributed by atoms with van der Waals surface area (Å²) in [4.78, 5) is 0. The molecule has 0 unspecified atom stereocenters. The third-order valence-electron chi connectivity index (χ3n) is 1.76. The third kappa shape index (κ3) is 5.03. The highest BCUT2D eigenvalue weighted by molar-refractivity contribution is 7.67. The average molecular weight is 244 g/mol. The number of hydrogen-bond acceptors (Lipinski definition) is 6. The molecule has 0 fully saturated rings. The van der Waals surface area contributed by atoms with Crippen molar-refractivity contribution in [2.75, 3.05) is 27.9 Å². The van der Waals surface area contributed by atoms with Crippen LogP contribution < -0.4 is 0 Å². The lowest BCUT2D eigenvalue weighted by molar-refractivity contribution is 0.121. The second-order valence-electron chi connectivity index (χ2n) is 2.46. The Kier molecular flexibility index (Phi) is 7.32. The Hall–Kier alpha value is 0.00688. The molecule has 0 aliphatic heterocycles. The van der Waals surface area contributed by atoms with Crippen molar-refractivity contribution in [2.45, 2.75) is 12.5 Å². The molecule has 0 aromatic rings. The van der Waals surface area contributed by atoms with Crippen LogP contribution in [-0.2, 0) is 28.4 Å². The highest BCUT2D eigenvalue weighted by Gasteiger charge is 2.36. The molecule has 0 aliphatic carbocycles. The van der Waals surface area contributed by atoms with E-state index >= 15 is 0 Å². The number of thiol groups is 1. The van der Waals surface area contributed by atoms with Gasteiger partial charge in [-0.3, -0.25) is 4.18 Å². The van der Waals surface area contributed by atoms with E-state index in [0.29, 0.717) is 12.5 Å². The Labute approximate surface area is 86.6 Å². The average Bonchev–Trinajstić information content (AvgIpc) is 2.19. The maximum absolute atomic E-state index is 10.1. The highest BCUT2D eigenvalue weighted by atomic mass is 32.2. The minimum Gasteiger partial charge on any atom is -0.377 e. The Morgan fingerprint density at radius 2 is 1.57 bits per heavy atom. The van der Waals surface area contributed by atoms with Gasteiger partial charge in [0.15, 0.2) is 0 Å². The Morgan fingerprint density at radius 3 is 1.93 bits per heavy atom. The van der Waals surface area contributed by atoms with Crippen molar-refractivity contribution in [3.05, 3.63) is 0 Å². The molecule has 0 N–H and O–H groups in total. The van der Waals surface area contributed by atoms with E-state index in [9.17, 15) is 8.42 Å². The van der Waals surface area contributed by atoms with Crippen LogP contribution in [0.15, 0.2) is 0 Å². The smallest absolute Gasteiger partial charge is 0.377 e. The second-order valence-corrected chi connectivity index (χ2v) is 6.25. The van der Waals surface area contributed by atoms with Gasteiger partial charge < -0.3 is 13.3 Å². The van der Waals surface area contributed by atoms with E-state index in [1.807, 2.05) is 0 Å². The Balaban J connectivity index is 3.82. The molecule has 0 bridgehead atoms. The topological polar surface area (TPSA) is 71.1 Å². The van der Waals surface area contributed by atoms with Crippen molar-refractivity contribution in [1.29, 1.82) is 0 Å². The zero-order valence-electron chi connectivity index (χ0n) is 8.52. The maximum atomic E-state index is 10.1. The van der Waals surface area contributed by atoms with Crippen molar-refractivity contribution in [2.24, 2.45) is 0 Å². The van der Waals surface area contributed by atoms with Gasteiger partial charge in [-0.2, -0.15) is 0 Å². The summed E-state index contributed by atoms with van der Waals surface area (Å²) >= 11 is 0. The van der Waals surface area contributed by atoms with Gasteiger partial charge in [-0.15, -0.1) is 0 Å². The van der Waals surface area contributed by atoms with Gasteiger partial charge in [0.1, 0.15) is 0 Å². The Morgan fingerprint density at radius 1 is 1.07 bits per heavy atom. The van der Waals surface area contributed by atoms with Crippen LogP contribution in [0.2, 0.25) is 6.04 Å². The summed E-state index contributed by atoms with van der Waals surface area (Å²) in [6.07, 6.45) is 0.519. The third-order valence-corrected chi connectivity index (χ3v) is 4.98. The number of hydrogen-bond donors (Lipinski definition) is 1. The van der Waals surface area contributed by atoms with Crippen LogP contribution in [0.5, 0.6) is 0 Å². The fourth-order valence-electron chi connectivity index (χ4n) is 0.984. The SMILES string of the molecule is CO[Si](CCCO[SH](=O)=O)(OC)OC. The second kappa shape index (κ2) is 7.32. The van der Waals surface area contributed by atoms with E-state index in [1.54, 1.807) is 0 Å². The van der Waals surface area contributed by atoms with E-state index in [1.165, 1.54) is 21.3 Å². The van der Waals surface area contributed by atoms with Crippen LogP contribution in [0.25, 0.3) is 0 Å². The van der Waals surface area contributed by atoms with E-state index < -0.39 is 19.8 Å². The van der Waals surface area contributed by atoms with E-state index in [-0.39, 0.29) is 6.61 Å². The van der Waals surface area contributed by atoms with Gasteiger partial charge in [0, 0.05) is 27.4 Å². The van der Waals surface area contributed by atoms with Crippen LogP contribution in [0.4, 0.5) is 0 Å². The lowest BCUT2D eigenvalue weighted by Gasteiger charge is -2.23. The normalized spacial score (nSPS) is 12.3. The molecule has 6 nitrogen and oxygen atoms in total. The quantitative estimate of drug-likeness (QED) is 0.362. The molecule has 0 aromatic heterocycles. The predicted octanol–water partition coefficient (Wildman–Crippen LogP) is -0.202. The van der Waals surface area contributed by atoms with Crippen LogP contribution >= 0.6 is 0 Å². The summed E-state index contributed by atoms with van der Waals surface area (Å²) in [7, 11) is -0.810. The zero-order chi connectivity index (χ0) is 11.0. The molecule has 0 saturated carbocycles. The molecule has 8 heteroatoms. The molecule has 0 radical (unpaired) electrons. The lowest BCUT2D eigenvalue weighted by Crippen LogP contribution is -2.42. The van der Waals surface area contributed by atoms with Crippen LogP contribution in [0.1, 0.15) is 6.42 Å². The first-order valence-electron chi connectivity index (χ1n) is 4.03. The van der Waals surface area contributed by atoms with Gasteiger partial charge in [-0.1, -0.05) is 0 Å². The van der Waals surface area contributed by atoms with Gasteiger partial charge in [0.25, 0.3) is 11.0 Å². The first-order chi connectivity index (χ1) is 6.60. The van der Waals surface area contributed by atoms with Crippen LogP contribution in [-0.4, -0.2) is 45.2 Å². The van der Waals surface area contributed by atoms with Gasteiger partial charge in [-0.25, -0.2) is 8.42 Å². The van der Waals surface area contributed by atoms with Crippen molar-refractivity contribution in [3.8, 4) is 0 Å². The maximum Gasteiger partial charge on any atom is 0.500 e. The van der Waals surface area contributed by atoms with Crippen LogP contribution in [0, 0.1) is 0 Å². The molecular weight excluding hydrogens is 228 g/mol. The first kappa shape index (κ1) is 14.0. The van der Waals surface area contributed by atoms with Gasteiger partial charge in [0.2, 0.25) is 0 Å². The highest BCUT2D eigenvalue weighted by Crippen LogP contribution is 2.14. The summed E-state index contributed by atoms with van der Waals surface area (Å²) < 4.78 is 39.9. The van der Waals surface area contributed by atoms with Gasteiger partial charge >= 0.3 is 8.80 Å². The Bertz CT molecular complexity index is 198. The molecule has 0 heterocycles. The van der Waals surface area contributed by atoms with Crippen LogP contribution in [0.3, 0.4) is 0 Å². The molecule has 0 rings (SSSR count). The molecule has 0 aromatic carbocycles. The molecule has 86 valence electrons. The fourth-order valence-corrected chi connectivity index (χ4v) is 2.95. The summed E-state index contributed by atoms with van der Waals surface area (Å²) in [5.74, 6) is 0. The summed E-state index contributed by atoms with van der Waals surface area (Å²) in [5.41, 5.74) is 0. The van der Waals surface area contributed by atoms with E-state index in [2.05, 4.69) is 4.18 Å². The minimum absolute atomic E-state index is 0.129. The van der Waals surface area contributed by atoms with E-state index in [4.69, 9.17) is 13.3 Å². The largest absolute Gasteiger partial charge is 0.500 e. The van der Waals surface area contributed by atoms with Crippen molar-refractivity contribution < 1.29 is 25.9 Å². The van der Waals surface area contributed by atoms with E-state index in [0.717, 1.165) is 0 Å². The lowest BCUT2D eigenvalue weighted by atomic mass is 10.5.